The molecule has 2 aliphatic heterocycles. The zero-order valence-corrected chi connectivity index (χ0v) is 15.9. The molecule has 5 nitrogen and oxygen atoms in total. The number of carbonyl (C=O) groups excluding carboxylic acids is 1. The molecule has 2 aromatic rings. The van der Waals surface area contributed by atoms with Crippen molar-refractivity contribution >= 4 is 11.9 Å². The predicted octanol–water partition coefficient (Wildman–Crippen LogP) is 4.59. The molecular formula is C22H22O5. The average molecular weight is 366 g/mol. The first kappa shape index (κ1) is 17.5. The topological polar surface area (TPSA) is 54.0 Å². The molecule has 1 unspecified atom stereocenters. The van der Waals surface area contributed by atoms with E-state index in [1.54, 1.807) is 20.3 Å². The number of ether oxygens (including phenoxy) is 4. The van der Waals surface area contributed by atoms with Crippen molar-refractivity contribution in [1.29, 1.82) is 0 Å². The van der Waals surface area contributed by atoms with E-state index in [9.17, 15) is 4.79 Å². The highest BCUT2D eigenvalue weighted by Gasteiger charge is 2.36. The minimum Gasteiger partial charge on any atom is -0.497 e. The summed E-state index contributed by atoms with van der Waals surface area (Å²) >= 11 is 0. The lowest BCUT2D eigenvalue weighted by atomic mass is 9.91. The monoisotopic (exact) mass is 366 g/mol. The van der Waals surface area contributed by atoms with Gasteiger partial charge in [0.15, 0.2) is 5.78 Å². The number of hydrogen-bond acceptors (Lipinski definition) is 5. The van der Waals surface area contributed by atoms with E-state index < -0.39 is 5.60 Å². The van der Waals surface area contributed by atoms with Gasteiger partial charge in [-0.05, 0) is 43.7 Å². The van der Waals surface area contributed by atoms with E-state index in [0.29, 0.717) is 22.8 Å². The van der Waals surface area contributed by atoms with Gasteiger partial charge in [-0.15, -0.1) is 0 Å². The summed E-state index contributed by atoms with van der Waals surface area (Å²) in [5, 5.41) is 0. The predicted molar refractivity (Wildman–Crippen MR) is 102 cm³/mol. The first-order valence-corrected chi connectivity index (χ1v) is 8.89. The van der Waals surface area contributed by atoms with Crippen LogP contribution in [0.2, 0.25) is 0 Å². The van der Waals surface area contributed by atoms with E-state index in [1.165, 1.54) is 0 Å². The summed E-state index contributed by atoms with van der Waals surface area (Å²) in [5.41, 5.74) is 1.75. The largest absolute Gasteiger partial charge is 0.497 e. The summed E-state index contributed by atoms with van der Waals surface area (Å²) in [4.78, 5) is 12.9. The van der Waals surface area contributed by atoms with Crippen LogP contribution in [0, 0.1) is 0 Å². The molecule has 0 amide bonds. The van der Waals surface area contributed by atoms with Gasteiger partial charge >= 0.3 is 0 Å². The summed E-state index contributed by atoms with van der Waals surface area (Å²) in [6.45, 7) is 3.95. The van der Waals surface area contributed by atoms with Gasteiger partial charge in [0.25, 0.3) is 0 Å². The maximum absolute atomic E-state index is 12.9. The molecule has 4 rings (SSSR count). The molecule has 0 bridgehead atoms. The zero-order chi connectivity index (χ0) is 19.2. The molecule has 2 heterocycles. The summed E-state index contributed by atoms with van der Waals surface area (Å²) in [6, 6.07) is 9.35. The first-order valence-electron chi connectivity index (χ1n) is 8.89. The molecule has 0 saturated carbocycles. The van der Waals surface area contributed by atoms with Crippen molar-refractivity contribution in [3.05, 3.63) is 53.1 Å². The summed E-state index contributed by atoms with van der Waals surface area (Å²) in [7, 11) is 3.17. The number of rotatable bonds is 3. The van der Waals surface area contributed by atoms with Crippen LogP contribution in [-0.4, -0.2) is 25.6 Å². The maximum atomic E-state index is 12.9. The van der Waals surface area contributed by atoms with Gasteiger partial charge in [0.05, 0.1) is 26.2 Å². The zero-order valence-electron chi connectivity index (χ0n) is 15.9. The lowest BCUT2D eigenvalue weighted by Gasteiger charge is -2.33. The minimum absolute atomic E-state index is 0.00467. The molecule has 2 aliphatic rings. The molecule has 0 aliphatic carbocycles. The van der Waals surface area contributed by atoms with E-state index in [2.05, 4.69) is 0 Å². The molecule has 0 saturated heterocycles. The fourth-order valence-corrected chi connectivity index (χ4v) is 3.48. The van der Waals surface area contributed by atoms with Crippen LogP contribution in [0.4, 0.5) is 0 Å². The molecule has 0 fully saturated rings. The molecule has 5 heteroatoms. The third-order valence-corrected chi connectivity index (χ3v) is 4.89. The Morgan fingerprint density at radius 2 is 1.85 bits per heavy atom. The Morgan fingerprint density at radius 3 is 2.52 bits per heavy atom. The van der Waals surface area contributed by atoms with Crippen molar-refractivity contribution in [3.8, 4) is 23.0 Å². The van der Waals surface area contributed by atoms with Crippen molar-refractivity contribution in [2.45, 2.75) is 32.0 Å². The van der Waals surface area contributed by atoms with Gasteiger partial charge in [0.2, 0.25) is 0 Å². The van der Waals surface area contributed by atoms with Crippen LogP contribution in [0.15, 0.2) is 36.4 Å². The number of fused-ring (bicyclic) bond motifs is 3. The highest BCUT2D eigenvalue weighted by molar-refractivity contribution is 6.04. The van der Waals surface area contributed by atoms with E-state index in [0.717, 1.165) is 16.9 Å². The molecule has 0 aromatic heterocycles. The van der Waals surface area contributed by atoms with Crippen LogP contribution in [0.1, 0.15) is 47.9 Å². The smallest absolute Gasteiger partial charge is 0.174 e. The van der Waals surface area contributed by atoms with E-state index in [4.69, 9.17) is 18.9 Å². The van der Waals surface area contributed by atoms with Gasteiger partial charge in [-0.2, -0.15) is 0 Å². The third kappa shape index (κ3) is 3.03. The number of Topliss-reactive ketones (excluding diaryl/α,β-unsaturated/α-hetero) is 1. The Bertz CT molecular complexity index is 925. The Kier molecular flexibility index (Phi) is 4.10. The summed E-state index contributed by atoms with van der Waals surface area (Å²) in [6.07, 6.45) is 3.81. The van der Waals surface area contributed by atoms with Crippen LogP contribution < -0.4 is 18.9 Å². The Hall–Kier alpha value is -2.95. The number of carbonyl (C=O) groups is 1. The van der Waals surface area contributed by atoms with Gasteiger partial charge in [-0.3, -0.25) is 4.79 Å². The summed E-state index contributed by atoms with van der Waals surface area (Å²) < 4.78 is 23.0. The lowest BCUT2D eigenvalue weighted by molar-refractivity contribution is 0.0840. The van der Waals surface area contributed by atoms with Gasteiger partial charge in [-0.25, -0.2) is 0 Å². The van der Waals surface area contributed by atoms with Crippen molar-refractivity contribution < 1.29 is 23.7 Å². The molecule has 0 N–H and O–H groups in total. The quantitative estimate of drug-likeness (QED) is 0.795. The van der Waals surface area contributed by atoms with E-state index in [1.807, 2.05) is 50.3 Å². The molecular weight excluding hydrogens is 344 g/mol. The van der Waals surface area contributed by atoms with E-state index >= 15 is 0 Å². The van der Waals surface area contributed by atoms with Crippen molar-refractivity contribution in [3.63, 3.8) is 0 Å². The molecule has 1 atom stereocenters. The number of hydrogen-bond donors (Lipinski definition) is 0. The second-order valence-electron chi connectivity index (χ2n) is 7.24. The normalized spacial score (nSPS) is 19.4. The maximum Gasteiger partial charge on any atom is 0.174 e. The van der Waals surface area contributed by atoms with E-state index in [-0.39, 0.29) is 18.3 Å². The van der Waals surface area contributed by atoms with Crippen LogP contribution in [0.3, 0.4) is 0 Å². The van der Waals surface area contributed by atoms with Crippen LogP contribution in [0.25, 0.3) is 6.08 Å². The molecule has 27 heavy (non-hydrogen) atoms. The summed E-state index contributed by atoms with van der Waals surface area (Å²) in [5.74, 6) is 2.41. The third-order valence-electron chi connectivity index (χ3n) is 4.89. The molecule has 140 valence electrons. The highest BCUT2D eigenvalue weighted by atomic mass is 16.5. The Labute approximate surface area is 158 Å². The van der Waals surface area contributed by atoms with Crippen molar-refractivity contribution in [1.82, 2.24) is 0 Å². The van der Waals surface area contributed by atoms with Gasteiger partial charge in [0.1, 0.15) is 40.3 Å². The second-order valence-corrected chi connectivity index (χ2v) is 7.24. The highest BCUT2D eigenvalue weighted by Crippen LogP contribution is 2.48. The fourth-order valence-electron chi connectivity index (χ4n) is 3.48. The first-order chi connectivity index (χ1) is 12.9. The van der Waals surface area contributed by atoms with Gasteiger partial charge < -0.3 is 18.9 Å². The molecule has 0 spiro atoms. The Morgan fingerprint density at radius 1 is 1.11 bits per heavy atom. The van der Waals surface area contributed by atoms with Gasteiger partial charge in [-0.1, -0.05) is 12.1 Å². The van der Waals surface area contributed by atoms with Crippen molar-refractivity contribution in [2.75, 3.05) is 14.2 Å². The van der Waals surface area contributed by atoms with Crippen LogP contribution >= 0.6 is 0 Å². The number of benzene rings is 2. The average Bonchev–Trinajstić information content (AvgIpc) is 2.66. The SMILES string of the molecule is COc1ccc(C2CC(=O)c3c(OC)cc4c(c3O2)C=CC(C)(C)O4)cc1. The van der Waals surface area contributed by atoms with Gasteiger partial charge in [0, 0.05) is 6.07 Å². The minimum atomic E-state index is -0.430. The Balaban J connectivity index is 1.79. The molecule has 0 radical (unpaired) electrons. The van der Waals surface area contributed by atoms with Crippen LogP contribution in [0.5, 0.6) is 23.0 Å². The second kappa shape index (κ2) is 6.34. The fraction of sp³-hybridized carbons (Fsp3) is 0.318. The number of ketones is 1. The lowest BCUT2D eigenvalue weighted by Crippen LogP contribution is -2.29. The van der Waals surface area contributed by atoms with Crippen LogP contribution in [-0.2, 0) is 0 Å². The number of methoxy groups -OCH3 is 2. The molecule has 2 aromatic carbocycles. The van der Waals surface area contributed by atoms with Crippen molar-refractivity contribution in [2.24, 2.45) is 0 Å². The standard InChI is InChI=1S/C22H22O5/c1-22(2)10-9-15-18(27-22)12-19(25-4)20-16(23)11-17(26-21(15)20)13-5-7-14(24-3)8-6-13/h5-10,12,17H,11H2,1-4H3.